The zero-order chi connectivity index (χ0) is 5.98. The fourth-order valence-corrected chi connectivity index (χ4v) is 1.28. The summed E-state index contributed by atoms with van der Waals surface area (Å²) in [7, 11) is 2.14. The summed E-state index contributed by atoms with van der Waals surface area (Å²) < 4.78 is 0. The molecular weight excluding hydrogens is 171 g/mol. The molecule has 0 saturated carbocycles. The lowest BCUT2D eigenvalue weighted by Gasteiger charge is -2.15. The van der Waals surface area contributed by atoms with E-state index < -0.39 is 0 Å². The van der Waals surface area contributed by atoms with Gasteiger partial charge in [-0.1, -0.05) is 0 Å². The maximum atomic E-state index is 5.48. The lowest BCUT2D eigenvalue weighted by atomic mass is 10.2. The molecule has 2 N–H and O–H groups in total. The van der Waals surface area contributed by atoms with Crippen LogP contribution >= 0.6 is 24.8 Å². The summed E-state index contributed by atoms with van der Waals surface area (Å²) in [5.74, 6) is 0. The molecule has 0 aromatic rings. The van der Waals surface area contributed by atoms with Crippen LogP contribution in [-0.2, 0) is 0 Å². The van der Waals surface area contributed by atoms with Gasteiger partial charge in [-0.3, -0.25) is 0 Å². The van der Waals surface area contributed by atoms with Gasteiger partial charge in [-0.2, -0.15) is 0 Å². The molecule has 0 aromatic heterocycles. The number of rotatable bonds is 1. The van der Waals surface area contributed by atoms with E-state index in [0.29, 0.717) is 6.04 Å². The number of hydrogen-bond acceptors (Lipinski definition) is 2. The van der Waals surface area contributed by atoms with Crippen molar-refractivity contribution in [2.24, 2.45) is 5.73 Å². The van der Waals surface area contributed by atoms with E-state index in [1.54, 1.807) is 0 Å². The zero-order valence-corrected chi connectivity index (χ0v) is 7.88. The fraction of sp³-hybridized carbons (Fsp3) is 1.00. The molecule has 2 nitrogen and oxygen atoms in total. The van der Waals surface area contributed by atoms with E-state index in [9.17, 15) is 0 Å². The van der Waals surface area contributed by atoms with Crippen molar-refractivity contribution >= 4 is 24.8 Å². The Hall–Kier alpha value is 0.500. The Morgan fingerprint density at radius 1 is 1.50 bits per heavy atom. The Morgan fingerprint density at radius 2 is 2.10 bits per heavy atom. The number of nitrogens with zero attached hydrogens (tertiary/aromatic N) is 1. The largest absolute Gasteiger partial charge is 0.329 e. The van der Waals surface area contributed by atoms with Crippen molar-refractivity contribution in [2.45, 2.75) is 18.9 Å². The summed E-state index contributed by atoms with van der Waals surface area (Å²) in [6.45, 7) is 2.07. The molecule has 1 atom stereocenters. The summed E-state index contributed by atoms with van der Waals surface area (Å²) in [5.41, 5.74) is 5.48. The first kappa shape index (κ1) is 13.1. The van der Waals surface area contributed by atoms with Gasteiger partial charge >= 0.3 is 0 Å². The van der Waals surface area contributed by atoms with Crippen molar-refractivity contribution in [3.8, 4) is 0 Å². The van der Waals surface area contributed by atoms with Crippen LogP contribution in [0, 0.1) is 0 Å². The Bertz CT molecular complexity index is 80.1. The molecule has 0 aliphatic carbocycles. The predicted molar refractivity (Wildman–Crippen MR) is 49.2 cm³/mol. The fourth-order valence-electron chi connectivity index (χ4n) is 1.28. The molecule has 4 heteroatoms. The smallest absolute Gasteiger partial charge is 0.0215 e. The molecule has 0 aromatic carbocycles. The molecule has 0 bridgehead atoms. The number of nitrogens with two attached hydrogens (primary N) is 1. The highest BCUT2D eigenvalue weighted by Gasteiger charge is 2.17. The van der Waals surface area contributed by atoms with Crippen LogP contribution in [0.5, 0.6) is 0 Å². The maximum Gasteiger partial charge on any atom is 0.0215 e. The molecule has 1 rings (SSSR count). The number of likely N-dealkylation sites (N-methyl/N-ethyl adjacent to an activating group) is 1. The van der Waals surface area contributed by atoms with Gasteiger partial charge in [-0.05, 0) is 26.4 Å². The average Bonchev–Trinajstić information content (AvgIpc) is 2.14. The summed E-state index contributed by atoms with van der Waals surface area (Å²) in [4.78, 5) is 2.33. The van der Waals surface area contributed by atoms with Gasteiger partial charge in [-0.25, -0.2) is 0 Å². The Kier molecular flexibility index (Phi) is 8.17. The van der Waals surface area contributed by atoms with E-state index >= 15 is 0 Å². The predicted octanol–water partition coefficient (Wildman–Crippen LogP) is 0.883. The maximum absolute atomic E-state index is 5.48. The van der Waals surface area contributed by atoms with E-state index in [-0.39, 0.29) is 24.8 Å². The lowest BCUT2D eigenvalue weighted by molar-refractivity contribution is 0.317. The Balaban J connectivity index is 0. The quantitative estimate of drug-likeness (QED) is 0.660. The van der Waals surface area contributed by atoms with Gasteiger partial charge in [0.25, 0.3) is 0 Å². The number of hydrogen-bond donors (Lipinski definition) is 1. The van der Waals surface area contributed by atoms with Crippen LogP contribution in [0.25, 0.3) is 0 Å². The average molecular weight is 187 g/mol. The van der Waals surface area contributed by atoms with Crippen molar-refractivity contribution in [3.05, 3.63) is 0 Å². The molecule has 10 heavy (non-hydrogen) atoms. The van der Waals surface area contributed by atoms with Crippen molar-refractivity contribution in [2.75, 3.05) is 20.1 Å². The molecule has 0 radical (unpaired) electrons. The molecule has 0 unspecified atom stereocenters. The second-order valence-corrected chi connectivity index (χ2v) is 2.51. The molecule has 1 aliphatic rings. The third-order valence-electron chi connectivity index (χ3n) is 1.94. The van der Waals surface area contributed by atoms with E-state index in [0.717, 1.165) is 6.54 Å². The third-order valence-corrected chi connectivity index (χ3v) is 1.94. The van der Waals surface area contributed by atoms with Crippen molar-refractivity contribution < 1.29 is 0 Å². The minimum Gasteiger partial charge on any atom is -0.329 e. The first-order valence-corrected chi connectivity index (χ1v) is 3.25. The highest BCUT2D eigenvalue weighted by molar-refractivity contribution is 5.85. The summed E-state index contributed by atoms with van der Waals surface area (Å²) in [5, 5.41) is 0. The van der Waals surface area contributed by atoms with Gasteiger partial charge in [0.15, 0.2) is 0 Å². The van der Waals surface area contributed by atoms with Crippen LogP contribution in [-0.4, -0.2) is 31.1 Å². The highest BCUT2D eigenvalue weighted by atomic mass is 35.5. The number of likely N-dealkylation sites (tertiary alicyclic amines) is 1. The van der Waals surface area contributed by atoms with E-state index in [4.69, 9.17) is 5.73 Å². The third kappa shape index (κ3) is 3.06. The van der Waals surface area contributed by atoms with Crippen LogP contribution in [0.15, 0.2) is 0 Å². The van der Waals surface area contributed by atoms with Crippen LogP contribution in [0.4, 0.5) is 0 Å². The SMILES string of the molecule is CN1CCC[C@H]1CN.Cl.Cl. The normalized spacial score (nSPS) is 25.2. The van der Waals surface area contributed by atoms with Gasteiger partial charge < -0.3 is 10.6 Å². The van der Waals surface area contributed by atoms with Gasteiger partial charge in [0.2, 0.25) is 0 Å². The summed E-state index contributed by atoms with van der Waals surface area (Å²) in [6, 6.07) is 0.676. The molecule has 1 fully saturated rings. The molecule has 1 saturated heterocycles. The van der Waals surface area contributed by atoms with Gasteiger partial charge in [0, 0.05) is 12.6 Å². The van der Waals surface area contributed by atoms with Crippen molar-refractivity contribution in [1.82, 2.24) is 4.90 Å². The summed E-state index contributed by atoms with van der Waals surface area (Å²) >= 11 is 0. The lowest BCUT2D eigenvalue weighted by Crippen LogP contribution is -2.31. The minimum absolute atomic E-state index is 0. The molecule has 1 heterocycles. The molecule has 0 amide bonds. The van der Waals surface area contributed by atoms with Crippen molar-refractivity contribution in [3.63, 3.8) is 0 Å². The number of halogens is 2. The van der Waals surface area contributed by atoms with Crippen LogP contribution in [0.3, 0.4) is 0 Å². The minimum atomic E-state index is 0. The molecule has 1 aliphatic heterocycles. The second kappa shape index (κ2) is 6.23. The monoisotopic (exact) mass is 186 g/mol. The topological polar surface area (TPSA) is 29.3 Å². The van der Waals surface area contributed by atoms with Gasteiger partial charge in [0.05, 0.1) is 0 Å². The van der Waals surface area contributed by atoms with E-state index in [1.807, 2.05) is 0 Å². The van der Waals surface area contributed by atoms with Gasteiger partial charge in [0.1, 0.15) is 0 Å². The zero-order valence-electron chi connectivity index (χ0n) is 6.25. The molecular formula is C6H16Cl2N2. The summed E-state index contributed by atoms with van der Waals surface area (Å²) in [6.07, 6.45) is 2.63. The first-order chi connectivity index (χ1) is 3.84. The van der Waals surface area contributed by atoms with E-state index in [1.165, 1.54) is 19.4 Å². The molecule has 64 valence electrons. The Labute approximate surface area is 75.0 Å². The molecule has 0 spiro atoms. The van der Waals surface area contributed by atoms with E-state index in [2.05, 4.69) is 11.9 Å². The first-order valence-electron chi connectivity index (χ1n) is 3.25. The second-order valence-electron chi connectivity index (χ2n) is 2.51. The van der Waals surface area contributed by atoms with Crippen LogP contribution < -0.4 is 5.73 Å². The Morgan fingerprint density at radius 3 is 2.30 bits per heavy atom. The van der Waals surface area contributed by atoms with Crippen LogP contribution in [0.2, 0.25) is 0 Å². The van der Waals surface area contributed by atoms with Crippen molar-refractivity contribution in [1.29, 1.82) is 0 Å². The highest BCUT2D eigenvalue weighted by Crippen LogP contribution is 2.12. The standard InChI is InChI=1S/C6H14N2.2ClH/c1-8-4-2-3-6(8)5-7;;/h6H,2-5,7H2,1H3;2*1H/t6-;;/m0../s1. The van der Waals surface area contributed by atoms with Gasteiger partial charge in [-0.15, -0.1) is 24.8 Å². The van der Waals surface area contributed by atoms with Crippen LogP contribution in [0.1, 0.15) is 12.8 Å².